The molecule has 2 N–H and O–H groups in total. The summed E-state index contributed by atoms with van der Waals surface area (Å²) in [6.45, 7) is 6.30. The second-order valence-corrected chi connectivity index (χ2v) is 6.12. The summed E-state index contributed by atoms with van der Waals surface area (Å²) in [5.41, 5.74) is 0.977. The molecule has 0 saturated carbocycles. The van der Waals surface area contributed by atoms with Crippen LogP contribution in [0.1, 0.15) is 6.92 Å². The van der Waals surface area contributed by atoms with E-state index in [2.05, 4.69) is 11.6 Å². The highest BCUT2D eigenvalue weighted by Crippen LogP contribution is 2.24. The molecule has 0 radical (unpaired) electrons. The van der Waals surface area contributed by atoms with E-state index in [9.17, 15) is 8.42 Å². The number of rotatable bonds is 4. The SMILES string of the molecule is C=C(C)CN(C)c1ncc(S(N)(=O)=O)s1. The van der Waals surface area contributed by atoms with Crippen molar-refractivity contribution in [3.8, 4) is 0 Å². The Morgan fingerprint density at radius 3 is 2.73 bits per heavy atom. The molecular weight excluding hydrogens is 234 g/mol. The van der Waals surface area contributed by atoms with Crippen molar-refractivity contribution < 1.29 is 8.42 Å². The Labute approximate surface area is 93.3 Å². The molecule has 7 heteroatoms. The zero-order valence-electron chi connectivity index (χ0n) is 8.60. The highest BCUT2D eigenvalue weighted by atomic mass is 32.2. The minimum Gasteiger partial charge on any atom is -0.347 e. The molecule has 1 aromatic heterocycles. The van der Waals surface area contributed by atoms with Crippen molar-refractivity contribution in [2.75, 3.05) is 18.5 Å². The molecular formula is C8H13N3O2S2. The van der Waals surface area contributed by atoms with Crippen LogP contribution in [0.15, 0.2) is 22.6 Å². The molecule has 5 nitrogen and oxygen atoms in total. The third kappa shape index (κ3) is 3.29. The predicted octanol–water partition coefficient (Wildman–Crippen LogP) is 0.803. The van der Waals surface area contributed by atoms with E-state index in [4.69, 9.17) is 5.14 Å². The highest BCUT2D eigenvalue weighted by molar-refractivity contribution is 7.91. The maximum absolute atomic E-state index is 11.0. The van der Waals surface area contributed by atoms with Crippen molar-refractivity contribution in [3.05, 3.63) is 18.3 Å². The van der Waals surface area contributed by atoms with E-state index in [0.29, 0.717) is 11.7 Å². The van der Waals surface area contributed by atoms with E-state index in [1.54, 1.807) is 0 Å². The van der Waals surface area contributed by atoms with Crippen molar-refractivity contribution in [2.24, 2.45) is 5.14 Å². The minimum atomic E-state index is -3.64. The molecule has 0 aromatic carbocycles. The summed E-state index contributed by atoms with van der Waals surface area (Å²) < 4.78 is 22.1. The summed E-state index contributed by atoms with van der Waals surface area (Å²) in [6, 6.07) is 0. The smallest absolute Gasteiger partial charge is 0.249 e. The number of hydrogen-bond donors (Lipinski definition) is 1. The van der Waals surface area contributed by atoms with Crippen molar-refractivity contribution in [1.29, 1.82) is 0 Å². The number of anilines is 1. The Morgan fingerprint density at radius 1 is 1.73 bits per heavy atom. The lowest BCUT2D eigenvalue weighted by Gasteiger charge is -2.14. The first kappa shape index (κ1) is 12.2. The normalized spacial score (nSPS) is 11.4. The summed E-state index contributed by atoms with van der Waals surface area (Å²) in [5.74, 6) is 0. The summed E-state index contributed by atoms with van der Waals surface area (Å²) in [4.78, 5) is 5.80. The molecule has 0 aliphatic rings. The maximum atomic E-state index is 11.0. The number of nitrogens with zero attached hydrogens (tertiary/aromatic N) is 2. The zero-order chi connectivity index (χ0) is 11.6. The van der Waals surface area contributed by atoms with Gasteiger partial charge in [0.15, 0.2) is 9.34 Å². The average Bonchev–Trinajstić information content (AvgIpc) is 2.48. The number of sulfonamides is 1. The molecule has 1 rings (SSSR count). The molecule has 1 heterocycles. The Hall–Kier alpha value is -0.920. The van der Waals surface area contributed by atoms with Gasteiger partial charge in [-0.25, -0.2) is 18.5 Å². The van der Waals surface area contributed by atoms with Crippen LogP contribution in [0.4, 0.5) is 5.13 Å². The lowest BCUT2D eigenvalue weighted by molar-refractivity contribution is 0.599. The van der Waals surface area contributed by atoms with Crippen LogP contribution in [-0.4, -0.2) is 27.0 Å². The molecule has 0 bridgehead atoms. The summed E-state index contributed by atoms with van der Waals surface area (Å²) in [6.07, 6.45) is 1.27. The molecule has 0 saturated heterocycles. The van der Waals surface area contributed by atoms with Crippen LogP contribution in [0, 0.1) is 0 Å². The van der Waals surface area contributed by atoms with Gasteiger partial charge in [0.25, 0.3) is 0 Å². The standard InChI is InChI=1S/C8H13N3O2S2/c1-6(2)5-11(3)8-10-4-7(14-8)15(9,12)13/h4H,1,5H2,2-3H3,(H2,9,12,13). The van der Waals surface area contributed by atoms with Gasteiger partial charge in [0.1, 0.15) is 0 Å². The quantitative estimate of drug-likeness (QED) is 0.799. The molecule has 1 aromatic rings. The number of hydrogen-bond acceptors (Lipinski definition) is 5. The van der Waals surface area contributed by atoms with E-state index < -0.39 is 10.0 Å². The first-order chi connectivity index (χ1) is 6.80. The monoisotopic (exact) mass is 247 g/mol. The van der Waals surface area contributed by atoms with Crippen molar-refractivity contribution in [2.45, 2.75) is 11.1 Å². The van der Waals surface area contributed by atoms with Crippen LogP contribution in [0.3, 0.4) is 0 Å². The van der Waals surface area contributed by atoms with Crippen LogP contribution >= 0.6 is 11.3 Å². The van der Waals surface area contributed by atoms with E-state index in [1.807, 2.05) is 18.9 Å². The summed E-state index contributed by atoms with van der Waals surface area (Å²) >= 11 is 1.05. The molecule has 15 heavy (non-hydrogen) atoms. The topological polar surface area (TPSA) is 76.3 Å². The average molecular weight is 247 g/mol. The maximum Gasteiger partial charge on any atom is 0.249 e. The molecule has 0 spiro atoms. The summed E-state index contributed by atoms with van der Waals surface area (Å²) in [7, 11) is -1.82. The van der Waals surface area contributed by atoms with Crippen LogP contribution in [0.25, 0.3) is 0 Å². The molecule has 0 amide bonds. The van der Waals surface area contributed by atoms with Gasteiger partial charge in [-0.3, -0.25) is 0 Å². The molecule has 0 aliphatic carbocycles. The number of aromatic nitrogens is 1. The molecule has 0 atom stereocenters. The van der Waals surface area contributed by atoms with Gasteiger partial charge in [-0.15, -0.1) is 0 Å². The largest absolute Gasteiger partial charge is 0.347 e. The summed E-state index contributed by atoms with van der Waals surface area (Å²) in [5, 5.41) is 5.59. The van der Waals surface area contributed by atoms with E-state index in [-0.39, 0.29) is 4.21 Å². The number of thiazole rings is 1. The Kier molecular flexibility index (Phi) is 3.48. The fourth-order valence-corrected chi connectivity index (χ4v) is 2.53. The lowest BCUT2D eigenvalue weighted by atomic mass is 10.3. The third-order valence-corrected chi connectivity index (χ3v) is 4.11. The highest BCUT2D eigenvalue weighted by Gasteiger charge is 2.14. The molecule has 84 valence electrons. The second-order valence-electron chi connectivity index (χ2n) is 3.32. The van der Waals surface area contributed by atoms with Gasteiger partial charge in [-0.2, -0.15) is 0 Å². The Balaban J connectivity index is 2.90. The van der Waals surface area contributed by atoms with E-state index >= 15 is 0 Å². The van der Waals surface area contributed by atoms with Crippen molar-refractivity contribution in [1.82, 2.24) is 4.98 Å². The van der Waals surface area contributed by atoms with Crippen LogP contribution in [-0.2, 0) is 10.0 Å². The number of primary sulfonamides is 1. The van der Waals surface area contributed by atoms with Gasteiger partial charge in [0.2, 0.25) is 10.0 Å². The van der Waals surface area contributed by atoms with Gasteiger partial charge in [-0.05, 0) is 6.92 Å². The van der Waals surface area contributed by atoms with Crippen LogP contribution < -0.4 is 10.0 Å². The zero-order valence-corrected chi connectivity index (χ0v) is 10.2. The van der Waals surface area contributed by atoms with Crippen LogP contribution in [0.2, 0.25) is 0 Å². The lowest BCUT2D eigenvalue weighted by Crippen LogP contribution is -2.18. The van der Waals surface area contributed by atoms with Gasteiger partial charge < -0.3 is 4.90 Å². The van der Waals surface area contributed by atoms with Crippen molar-refractivity contribution >= 4 is 26.5 Å². The fraction of sp³-hybridized carbons (Fsp3) is 0.375. The predicted molar refractivity (Wildman–Crippen MR) is 61.6 cm³/mol. The van der Waals surface area contributed by atoms with Gasteiger partial charge >= 0.3 is 0 Å². The Morgan fingerprint density at radius 2 is 2.33 bits per heavy atom. The van der Waals surface area contributed by atoms with Gasteiger partial charge in [0, 0.05) is 13.6 Å². The number of likely N-dealkylation sites (N-methyl/N-ethyl adjacent to an activating group) is 1. The Bertz CT molecular complexity index is 464. The number of nitrogens with two attached hydrogens (primary N) is 1. The molecule has 0 aliphatic heterocycles. The van der Waals surface area contributed by atoms with E-state index in [0.717, 1.165) is 16.9 Å². The first-order valence-electron chi connectivity index (χ1n) is 4.15. The third-order valence-electron chi connectivity index (χ3n) is 1.59. The van der Waals surface area contributed by atoms with Gasteiger partial charge in [-0.1, -0.05) is 23.5 Å². The molecule has 0 unspecified atom stereocenters. The van der Waals surface area contributed by atoms with Gasteiger partial charge in [0.05, 0.1) is 6.20 Å². The van der Waals surface area contributed by atoms with Crippen molar-refractivity contribution in [3.63, 3.8) is 0 Å². The fourth-order valence-electron chi connectivity index (χ4n) is 1.03. The molecule has 0 fully saturated rings. The minimum absolute atomic E-state index is 0.0751. The van der Waals surface area contributed by atoms with Crippen LogP contribution in [0.5, 0.6) is 0 Å². The second kappa shape index (κ2) is 4.30. The first-order valence-corrected chi connectivity index (χ1v) is 6.51. The van der Waals surface area contributed by atoms with E-state index in [1.165, 1.54) is 6.20 Å².